The molecule has 2 aromatic heterocycles. The van der Waals surface area contributed by atoms with E-state index in [0.29, 0.717) is 26.2 Å². The normalized spacial score (nSPS) is 18.0. The lowest BCUT2D eigenvalue weighted by Crippen LogP contribution is -2.41. The Morgan fingerprint density at radius 3 is 3.23 bits per heavy atom. The molecule has 1 aliphatic heterocycles. The van der Waals surface area contributed by atoms with Crippen LogP contribution in [0.2, 0.25) is 0 Å². The molecule has 0 spiro atoms. The van der Waals surface area contributed by atoms with E-state index in [-0.39, 0.29) is 12.1 Å². The van der Waals surface area contributed by atoms with Crippen molar-refractivity contribution >= 4 is 33.3 Å². The number of nitrogens with zero attached hydrogens (tertiary/aromatic N) is 4. The third-order valence-electron chi connectivity index (χ3n) is 4.33. The quantitative estimate of drug-likeness (QED) is 0.768. The molecule has 0 aliphatic carbocycles. The summed E-state index contributed by atoms with van der Waals surface area (Å²) in [6.07, 6.45) is 4.42. The smallest absolute Gasteiger partial charge is 0.321 e. The van der Waals surface area contributed by atoms with Crippen molar-refractivity contribution in [1.29, 1.82) is 0 Å². The Morgan fingerprint density at radius 1 is 1.46 bits per heavy atom. The molecule has 1 aromatic carbocycles. The molecule has 7 nitrogen and oxygen atoms in total. The zero-order valence-electron chi connectivity index (χ0n) is 14.6. The number of thiazole rings is 1. The lowest BCUT2D eigenvalue weighted by molar-refractivity contribution is 0.0442. The van der Waals surface area contributed by atoms with Crippen LogP contribution in [0.25, 0.3) is 10.2 Å². The highest BCUT2D eigenvalue weighted by Crippen LogP contribution is 2.24. The number of fused-ring (bicyclic) bond motifs is 1. The molecule has 3 aromatic rings. The zero-order valence-corrected chi connectivity index (χ0v) is 15.4. The van der Waals surface area contributed by atoms with Crippen LogP contribution in [0.15, 0.2) is 36.7 Å². The van der Waals surface area contributed by atoms with Crippen molar-refractivity contribution in [3.8, 4) is 0 Å². The van der Waals surface area contributed by atoms with Gasteiger partial charge in [0.05, 0.1) is 34.4 Å². The van der Waals surface area contributed by atoms with Gasteiger partial charge in [0.1, 0.15) is 0 Å². The molecule has 1 atom stereocenters. The number of nitrogens with one attached hydrogen (secondary N) is 1. The minimum Gasteiger partial charge on any atom is -0.374 e. The Bertz CT molecular complexity index is 892. The first-order chi connectivity index (χ1) is 12.7. The first-order valence-corrected chi connectivity index (χ1v) is 9.51. The summed E-state index contributed by atoms with van der Waals surface area (Å²) >= 11 is 1.65. The number of urea groups is 1. The number of amides is 2. The van der Waals surface area contributed by atoms with Gasteiger partial charge in [-0.2, -0.15) is 5.10 Å². The van der Waals surface area contributed by atoms with Crippen LogP contribution in [0.4, 0.5) is 10.5 Å². The summed E-state index contributed by atoms with van der Waals surface area (Å²) in [4.78, 5) is 19.0. The summed E-state index contributed by atoms with van der Waals surface area (Å²) in [5.41, 5.74) is 1.68. The Morgan fingerprint density at radius 2 is 2.38 bits per heavy atom. The molecule has 0 unspecified atom stereocenters. The first kappa shape index (κ1) is 17.0. The number of carbonyl (C=O) groups is 1. The van der Waals surface area contributed by atoms with Gasteiger partial charge in [-0.05, 0) is 37.6 Å². The highest BCUT2D eigenvalue weighted by molar-refractivity contribution is 7.18. The van der Waals surface area contributed by atoms with E-state index in [0.717, 1.165) is 27.3 Å². The highest BCUT2D eigenvalue weighted by Gasteiger charge is 2.23. The Kier molecular flexibility index (Phi) is 4.85. The molecular formula is C18H21N5O2S. The van der Waals surface area contributed by atoms with Crippen molar-refractivity contribution in [2.45, 2.75) is 26.0 Å². The van der Waals surface area contributed by atoms with Crippen LogP contribution in [0.5, 0.6) is 0 Å². The molecular weight excluding hydrogens is 350 g/mol. The van der Waals surface area contributed by atoms with E-state index in [2.05, 4.69) is 15.4 Å². The van der Waals surface area contributed by atoms with Gasteiger partial charge in [0, 0.05) is 31.2 Å². The molecule has 3 heterocycles. The van der Waals surface area contributed by atoms with Crippen molar-refractivity contribution < 1.29 is 9.53 Å². The second-order valence-corrected chi connectivity index (χ2v) is 7.60. The van der Waals surface area contributed by atoms with Crippen molar-refractivity contribution in [1.82, 2.24) is 19.7 Å². The SMILES string of the molecule is Cc1nc2cc(NC(=O)N3CCCO[C@@H](Cn4cccn4)C3)ccc2s1. The van der Waals surface area contributed by atoms with Crippen LogP contribution in [-0.4, -0.2) is 51.5 Å². The standard InChI is InChI=1S/C18H21N5O2S/c1-13-20-16-10-14(4-5-17(16)26-13)21-18(24)22-7-3-9-25-15(11-22)12-23-8-2-6-19-23/h2,4-6,8,10,15H,3,7,9,11-12H2,1H3,(H,21,24)/t15-/m1/s1. The molecule has 0 radical (unpaired) electrons. The molecule has 1 fully saturated rings. The topological polar surface area (TPSA) is 72.3 Å². The van der Waals surface area contributed by atoms with Gasteiger partial charge in [-0.3, -0.25) is 4.68 Å². The lowest BCUT2D eigenvalue weighted by atomic mass is 10.3. The number of hydrogen-bond acceptors (Lipinski definition) is 5. The number of hydrogen-bond donors (Lipinski definition) is 1. The number of aromatic nitrogens is 3. The van der Waals surface area contributed by atoms with Gasteiger partial charge in [-0.15, -0.1) is 11.3 Å². The molecule has 8 heteroatoms. The molecule has 0 bridgehead atoms. The maximum absolute atomic E-state index is 12.7. The summed E-state index contributed by atoms with van der Waals surface area (Å²) in [5, 5.41) is 8.24. The van der Waals surface area contributed by atoms with Gasteiger partial charge in [0.15, 0.2) is 0 Å². The minimum atomic E-state index is -0.104. The van der Waals surface area contributed by atoms with E-state index in [1.807, 2.05) is 47.0 Å². The third kappa shape index (κ3) is 3.86. The van der Waals surface area contributed by atoms with Gasteiger partial charge in [0.2, 0.25) is 0 Å². The summed E-state index contributed by atoms with van der Waals surface area (Å²) in [6, 6.07) is 7.63. The monoisotopic (exact) mass is 371 g/mol. The zero-order chi connectivity index (χ0) is 17.9. The fourth-order valence-electron chi connectivity index (χ4n) is 3.13. The van der Waals surface area contributed by atoms with Crippen molar-refractivity contribution in [2.75, 3.05) is 25.0 Å². The van der Waals surface area contributed by atoms with Gasteiger partial charge in [-0.25, -0.2) is 9.78 Å². The van der Waals surface area contributed by atoms with Gasteiger partial charge >= 0.3 is 6.03 Å². The van der Waals surface area contributed by atoms with Crippen LogP contribution in [-0.2, 0) is 11.3 Å². The second kappa shape index (κ2) is 7.43. The van der Waals surface area contributed by atoms with E-state index >= 15 is 0 Å². The molecule has 0 saturated carbocycles. The maximum Gasteiger partial charge on any atom is 0.321 e. The third-order valence-corrected chi connectivity index (χ3v) is 5.28. The van der Waals surface area contributed by atoms with Crippen LogP contribution >= 0.6 is 11.3 Å². The number of anilines is 1. The molecule has 136 valence electrons. The summed E-state index contributed by atoms with van der Waals surface area (Å²) in [7, 11) is 0. The minimum absolute atomic E-state index is 0.0631. The van der Waals surface area contributed by atoms with Crippen LogP contribution in [0.1, 0.15) is 11.4 Å². The summed E-state index contributed by atoms with van der Waals surface area (Å²) in [5.74, 6) is 0. The Hall–Kier alpha value is -2.45. The average Bonchev–Trinajstić information content (AvgIpc) is 3.18. The number of ether oxygens (including phenoxy) is 1. The molecule has 4 rings (SSSR count). The fraction of sp³-hybridized carbons (Fsp3) is 0.389. The predicted octanol–water partition coefficient (Wildman–Crippen LogP) is 3.12. The van der Waals surface area contributed by atoms with Gasteiger partial charge in [0.25, 0.3) is 0 Å². The molecule has 2 amide bonds. The summed E-state index contributed by atoms with van der Waals surface area (Å²) in [6.45, 7) is 4.50. The van der Waals surface area contributed by atoms with E-state index in [9.17, 15) is 4.79 Å². The second-order valence-electron chi connectivity index (χ2n) is 6.37. The van der Waals surface area contributed by atoms with Crippen molar-refractivity contribution in [3.63, 3.8) is 0 Å². The Labute approximate surface area is 155 Å². The number of benzene rings is 1. The lowest BCUT2D eigenvalue weighted by Gasteiger charge is -2.24. The number of aryl methyl sites for hydroxylation is 1. The van der Waals surface area contributed by atoms with Crippen molar-refractivity contribution in [3.05, 3.63) is 41.7 Å². The molecule has 1 aliphatic rings. The van der Waals surface area contributed by atoms with Crippen molar-refractivity contribution in [2.24, 2.45) is 0 Å². The molecule has 1 saturated heterocycles. The predicted molar refractivity (Wildman–Crippen MR) is 102 cm³/mol. The maximum atomic E-state index is 12.7. The first-order valence-electron chi connectivity index (χ1n) is 8.69. The highest BCUT2D eigenvalue weighted by atomic mass is 32.1. The van der Waals surface area contributed by atoms with E-state index in [1.165, 1.54) is 0 Å². The molecule has 1 N–H and O–H groups in total. The van der Waals surface area contributed by atoms with Crippen LogP contribution in [0, 0.1) is 6.92 Å². The van der Waals surface area contributed by atoms with E-state index < -0.39 is 0 Å². The van der Waals surface area contributed by atoms with Crippen LogP contribution < -0.4 is 5.32 Å². The van der Waals surface area contributed by atoms with Gasteiger partial charge in [-0.1, -0.05) is 0 Å². The van der Waals surface area contributed by atoms with E-state index in [4.69, 9.17) is 4.74 Å². The van der Waals surface area contributed by atoms with Gasteiger partial charge < -0.3 is 15.0 Å². The Balaban J connectivity index is 1.43. The fourth-order valence-corrected chi connectivity index (χ4v) is 3.94. The summed E-state index contributed by atoms with van der Waals surface area (Å²) < 4.78 is 8.84. The number of carbonyl (C=O) groups excluding carboxylic acids is 1. The van der Waals surface area contributed by atoms with Crippen LogP contribution in [0.3, 0.4) is 0 Å². The average molecular weight is 371 g/mol. The largest absolute Gasteiger partial charge is 0.374 e. The van der Waals surface area contributed by atoms with E-state index in [1.54, 1.807) is 17.5 Å². The molecule has 26 heavy (non-hydrogen) atoms. The number of rotatable bonds is 3.